The van der Waals surface area contributed by atoms with Crippen molar-refractivity contribution in [2.24, 2.45) is 0 Å². The van der Waals surface area contributed by atoms with E-state index in [0.29, 0.717) is 31.3 Å². The first-order valence-corrected chi connectivity index (χ1v) is 11.5. The zero-order valence-corrected chi connectivity index (χ0v) is 17.9. The lowest BCUT2D eigenvalue weighted by atomic mass is 9.97. The summed E-state index contributed by atoms with van der Waals surface area (Å²) in [6, 6.07) is 7.22. The molecule has 0 radical (unpaired) electrons. The number of benzene rings is 1. The maximum atomic E-state index is 12.6. The van der Waals surface area contributed by atoms with Crippen molar-refractivity contribution < 1.29 is 17.9 Å². The molecule has 28 heavy (non-hydrogen) atoms. The van der Waals surface area contributed by atoms with Gasteiger partial charge in [0.25, 0.3) is 0 Å². The van der Waals surface area contributed by atoms with Gasteiger partial charge in [0, 0.05) is 24.8 Å². The third-order valence-electron chi connectivity index (χ3n) is 4.62. The summed E-state index contributed by atoms with van der Waals surface area (Å²) in [5.41, 5.74) is 3.84. The van der Waals surface area contributed by atoms with Crippen molar-refractivity contribution in [3.8, 4) is 0 Å². The van der Waals surface area contributed by atoms with Gasteiger partial charge in [0.15, 0.2) is 5.78 Å². The van der Waals surface area contributed by atoms with Gasteiger partial charge >= 0.3 is 0 Å². The summed E-state index contributed by atoms with van der Waals surface area (Å²) < 4.78 is 31.9. The molecule has 1 fully saturated rings. The van der Waals surface area contributed by atoms with Gasteiger partial charge in [-0.05, 0) is 44.0 Å². The molecule has 3 rings (SSSR count). The van der Waals surface area contributed by atoms with E-state index in [9.17, 15) is 13.2 Å². The molecule has 150 valence electrons. The summed E-state index contributed by atoms with van der Waals surface area (Å²) in [5, 5.41) is 0.622. The second-order valence-corrected chi connectivity index (χ2v) is 9.77. The molecule has 0 bridgehead atoms. The Labute approximate surface area is 170 Å². The minimum atomic E-state index is -3.55. The van der Waals surface area contributed by atoms with Crippen LogP contribution in [0.4, 0.5) is 0 Å². The standard InChI is InChI=1S/C20H24N2O4S2/c1-14-10-15(2)20(16(3)11-14)18(23)13-27-19-5-4-17(12-21-19)28(24,25)22-6-8-26-9-7-22/h4-5,10-12H,6-9,13H2,1-3H3. The number of morpholine rings is 1. The number of Topliss-reactive ketones (excluding diaryl/α,β-unsaturated/α-hetero) is 1. The number of hydrogen-bond acceptors (Lipinski definition) is 6. The van der Waals surface area contributed by atoms with Gasteiger partial charge in [-0.15, -0.1) is 0 Å². The lowest BCUT2D eigenvalue weighted by Crippen LogP contribution is -2.40. The fourth-order valence-corrected chi connectivity index (χ4v) is 5.44. The van der Waals surface area contributed by atoms with Crippen LogP contribution in [0.25, 0.3) is 0 Å². The number of carbonyl (C=O) groups is 1. The molecule has 6 nitrogen and oxygen atoms in total. The zero-order chi connectivity index (χ0) is 20.3. The fraction of sp³-hybridized carbons (Fsp3) is 0.400. The number of aromatic nitrogens is 1. The highest BCUT2D eigenvalue weighted by Gasteiger charge is 2.26. The first kappa shape index (κ1) is 21.0. The molecule has 0 atom stereocenters. The van der Waals surface area contributed by atoms with Crippen LogP contribution in [0.3, 0.4) is 0 Å². The monoisotopic (exact) mass is 420 g/mol. The Balaban J connectivity index is 1.67. The van der Waals surface area contributed by atoms with Crippen LogP contribution in [0.15, 0.2) is 40.4 Å². The zero-order valence-electron chi connectivity index (χ0n) is 16.3. The number of thioether (sulfide) groups is 1. The van der Waals surface area contributed by atoms with Gasteiger partial charge in [0.1, 0.15) is 4.90 Å². The van der Waals surface area contributed by atoms with Gasteiger partial charge in [-0.1, -0.05) is 29.5 Å². The lowest BCUT2D eigenvalue weighted by Gasteiger charge is -2.25. The van der Waals surface area contributed by atoms with Gasteiger partial charge in [-0.3, -0.25) is 4.79 Å². The third kappa shape index (κ3) is 4.63. The molecule has 1 aliphatic heterocycles. The predicted octanol–water partition coefficient (Wildman–Crippen LogP) is 3.00. The SMILES string of the molecule is Cc1cc(C)c(C(=O)CSc2ccc(S(=O)(=O)N3CCOCC3)cn2)c(C)c1. The van der Waals surface area contributed by atoms with Gasteiger partial charge in [-0.2, -0.15) is 4.31 Å². The average Bonchev–Trinajstić information content (AvgIpc) is 2.66. The quantitative estimate of drug-likeness (QED) is 0.528. The fourth-order valence-electron chi connectivity index (χ4n) is 3.37. The third-order valence-corrected chi connectivity index (χ3v) is 7.45. The van der Waals surface area contributed by atoms with Gasteiger partial charge in [0.05, 0.1) is 24.0 Å². The normalized spacial score (nSPS) is 15.5. The number of carbonyl (C=O) groups excluding carboxylic acids is 1. The summed E-state index contributed by atoms with van der Waals surface area (Å²) in [6.07, 6.45) is 1.36. The van der Waals surface area contributed by atoms with Crippen LogP contribution >= 0.6 is 11.8 Å². The van der Waals surface area contributed by atoms with Gasteiger partial charge in [-0.25, -0.2) is 13.4 Å². The molecule has 1 aromatic heterocycles. The summed E-state index contributed by atoms with van der Waals surface area (Å²) in [4.78, 5) is 17.0. The van der Waals surface area contributed by atoms with Crippen molar-refractivity contribution in [1.82, 2.24) is 9.29 Å². The second kappa shape index (κ2) is 8.73. The number of ether oxygens (including phenoxy) is 1. The minimum absolute atomic E-state index is 0.0480. The Kier molecular flexibility index (Phi) is 6.54. The molecule has 0 aliphatic carbocycles. The maximum absolute atomic E-state index is 12.6. The molecule has 0 amide bonds. The van der Waals surface area contributed by atoms with Crippen molar-refractivity contribution in [3.63, 3.8) is 0 Å². The first-order valence-electron chi connectivity index (χ1n) is 9.07. The van der Waals surface area contributed by atoms with Gasteiger partial charge < -0.3 is 4.74 Å². The van der Waals surface area contributed by atoms with E-state index in [4.69, 9.17) is 4.74 Å². The highest BCUT2D eigenvalue weighted by atomic mass is 32.2. The van der Waals surface area contributed by atoms with Crippen LogP contribution in [0, 0.1) is 20.8 Å². The van der Waals surface area contributed by atoms with Crippen molar-refractivity contribution in [1.29, 1.82) is 0 Å². The second-order valence-electron chi connectivity index (χ2n) is 6.83. The van der Waals surface area contributed by atoms with Crippen LogP contribution in [0.5, 0.6) is 0 Å². The summed E-state index contributed by atoms with van der Waals surface area (Å²) in [5.74, 6) is 0.305. The largest absolute Gasteiger partial charge is 0.379 e. The number of sulfonamides is 1. The minimum Gasteiger partial charge on any atom is -0.379 e. The number of ketones is 1. The maximum Gasteiger partial charge on any atom is 0.244 e. The molecule has 0 spiro atoms. The van der Waals surface area contributed by atoms with E-state index in [-0.39, 0.29) is 16.4 Å². The summed E-state index contributed by atoms with van der Waals surface area (Å²) >= 11 is 1.31. The molecule has 8 heteroatoms. The molecule has 1 aliphatic rings. The van der Waals surface area contributed by atoms with E-state index in [1.54, 1.807) is 12.1 Å². The number of rotatable bonds is 6. The summed E-state index contributed by atoms with van der Waals surface area (Å²) in [7, 11) is -3.55. The van der Waals surface area contributed by atoms with Crippen molar-refractivity contribution in [2.75, 3.05) is 32.1 Å². The highest BCUT2D eigenvalue weighted by molar-refractivity contribution is 7.99. The van der Waals surface area contributed by atoms with Crippen molar-refractivity contribution in [3.05, 3.63) is 52.7 Å². The predicted molar refractivity (Wildman–Crippen MR) is 110 cm³/mol. The van der Waals surface area contributed by atoms with Crippen LogP contribution in [-0.2, 0) is 14.8 Å². The lowest BCUT2D eigenvalue weighted by molar-refractivity contribution is 0.0730. The Hall–Kier alpha value is -1.74. The average molecular weight is 421 g/mol. The molecular weight excluding hydrogens is 396 g/mol. The van der Waals surface area contributed by atoms with E-state index in [1.165, 1.54) is 22.3 Å². The number of pyridine rings is 1. The molecule has 1 saturated heterocycles. The number of hydrogen-bond donors (Lipinski definition) is 0. The van der Waals surface area contributed by atoms with E-state index in [1.807, 2.05) is 32.9 Å². The van der Waals surface area contributed by atoms with Crippen LogP contribution in [0.2, 0.25) is 0 Å². The first-order chi connectivity index (χ1) is 13.3. The molecule has 0 saturated carbocycles. The Morgan fingerprint density at radius 1 is 1.14 bits per heavy atom. The Morgan fingerprint density at radius 3 is 2.36 bits per heavy atom. The molecule has 0 unspecified atom stereocenters. The number of nitrogens with zero attached hydrogens (tertiary/aromatic N) is 2. The van der Waals surface area contributed by atoms with Crippen molar-refractivity contribution >= 4 is 27.6 Å². The van der Waals surface area contributed by atoms with Crippen molar-refractivity contribution in [2.45, 2.75) is 30.7 Å². The molecule has 2 aromatic rings. The van der Waals surface area contributed by atoms with Crippen LogP contribution in [0.1, 0.15) is 27.0 Å². The Bertz CT molecular complexity index is 943. The molecular formula is C20H24N2O4S2. The van der Waals surface area contributed by atoms with E-state index in [2.05, 4.69) is 4.98 Å². The van der Waals surface area contributed by atoms with E-state index < -0.39 is 10.0 Å². The molecule has 2 heterocycles. The molecule has 0 N–H and O–H groups in total. The smallest absolute Gasteiger partial charge is 0.244 e. The van der Waals surface area contributed by atoms with Crippen LogP contribution < -0.4 is 0 Å². The highest BCUT2D eigenvalue weighted by Crippen LogP contribution is 2.23. The van der Waals surface area contributed by atoms with E-state index >= 15 is 0 Å². The van der Waals surface area contributed by atoms with E-state index in [0.717, 1.165) is 22.3 Å². The van der Waals surface area contributed by atoms with Gasteiger partial charge in [0.2, 0.25) is 10.0 Å². The van der Waals surface area contributed by atoms with Crippen LogP contribution in [-0.4, -0.2) is 55.5 Å². The summed E-state index contributed by atoms with van der Waals surface area (Å²) in [6.45, 7) is 7.41. The topological polar surface area (TPSA) is 76.6 Å². The molecule has 1 aromatic carbocycles. The Morgan fingerprint density at radius 2 is 1.79 bits per heavy atom. The number of aryl methyl sites for hydroxylation is 3.